The molecule has 2 aromatic carbocycles. The molecule has 8 heteroatoms. The van der Waals surface area contributed by atoms with E-state index in [2.05, 4.69) is 27.8 Å². The Labute approximate surface area is 201 Å². The number of hydrogen-bond donors (Lipinski definition) is 2. The predicted molar refractivity (Wildman–Crippen MR) is 134 cm³/mol. The number of aliphatic imine (C=N–C) groups is 1. The van der Waals surface area contributed by atoms with E-state index in [1.807, 2.05) is 36.9 Å². The first kappa shape index (κ1) is 25.2. The standard InChI is InChI=1S/C23H31FN4O2.HI/c1-4-30-22-13-17(2)5-7-19(22)16-27-23(25-3)26-15-18-6-8-21(20(24)14-18)28-9-11-29-12-10-28;/h5-8,13-14H,4,9-12,15-16H2,1-3H3,(H2,25,26,27);1H. The van der Waals surface area contributed by atoms with E-state index in [0.717, 1.165) is 22.4 Å². The minimum absolute atomic E-state index is 0. The number of benzene rings is 2. The molecule has 1 aliphatic rings. The molecule has 3 rings (SSSR count). The molecule has 170 valence electrons. The summed E-state index contributed by atoms with van der Waals surface area (Å²) >= 11 is 0. The molecule has 0 spiro atoms. The number of rotatable bonds is 7. The van der Waals surface area contributed by atoms with E-state index in [1.165, 1.54) is 0 Å². The van der Waals surface area contributed by atoms with E-state index >= 15 is 0 Å². The molecule has 0 radical (unpaired) electrons. The van der Waals surface area contributed by atoms with Gasteiger partial charge in [-0.15, -0.1) is 24.0 Å². The van der Waals surface area contributed by atoms with Crippen molar-refractivity contribution in [2.24, 2.45) is 4.99 Å². The SMILES string of the molecule is CCOc1cc(C)ccc1CNC(=NC)NCc1ccc(N2CCOCC2)c(F)c1.I. The molecule has 0 amide bonds. The molecule has 0 atom stereocenters. The predicted octanol–water partition coefficient (Wildman–Crippen LogP) is 3.85. The topological polar surface area (TPSA) is 58.1 Å². The van der Waals surface area contributed by atoms with Crippen molar-refractivity contribution in [2.75, 3.05) is 44.9 Å². The molecule has 0 aromatic heterocycles. The highest BCUT2D eigenvalue weighted by molar-refractivity contribution is 14.0. The highest BCUT2D eigenvalue weighted by Crippen LogP contribution is 2.22. The largest absolute Gasteiger partial charge is 0.494 e. The summed E-state index contributed by atoms with van der Waals surface area (Å²) in [5.74, 6) is 1.32. The van der Waals surface area contributed by atoms with Crippen LogP contribution < -0.4 is 20.3 Å². The summed E-state index contributed by atoms with van der Waals surface area (Å²) in [5, 5.41) is 6.54. The normalized spacial score (nSPS) is 14.1. The van der Waals surface area contributed by atoms with Gasteiger partial charge in [-0.25, -0.2) is 4.39 Å². The highest BCUT2D eigenvalue weighted by Gasteiger charge is 2.15. The number of aryl methyl sites for hydroxylation is 1. The zero-order valence-electron chi connectivity index (χ0n) is 18.4. The van der Waals surface area contributed by atoms with Crippen molar-refractivity contribution in [1.29, 1.82) is 0 Å². The summed E-state index contributed by atoms with van der Waals surface area (Å²) < 4.78 is 25.7. The fraction of sp³-hybridized carbons (Fsp3) is 0.435. The Balaban J connectivity index is 0.00000341. The summed E-state index contributed by atoms with van der Waals surface area (Å²) in [4.78, 5) is 6.28. The lowest BCUT2D eigenvalue weighted by atomic mass is 10.1. The monoisotopic (exact) mass is 542 g/mol. The van der Waals surface area contributed by atoms with E-state index in [4.69, 9.17) is 9.47 Å². The van der Waals surface area contributed by atoms with Gasteiger partial charge in [-0.2, -0.15) is 0 Å². The van der Waals surface area contributed by atoms with Crippen molar-refractivity contribution in [3.8, 4) is 5.75 Å². The number of anilines is 1. The smallest absolute Gasteiger partial charge is 0.191 e. The van der Waals surface area contributed by atoms with Gasteiger partial charge in [0, 0.05) is 38.8 Å². The Bertz CT molecular complexity index is 873. The number of halogens is 2. The molecule has 0 saturated carbocycles. The van der Waals surface area contributed by atoms with Crippen LogP contribution in [-0.4, -0.2) is 45.9 Å². The van der Waals surface area contributed by atoms with Gasteiger partial charge in [0.1, 0.15) is 11.6 Å². The van der Waals surface area contributed by atoms with Gasteiger partial charge in [-0.3, -0.25) is 4.99 Å². The molecular weight excluding hydrogens is 510 g/mol. The molecule has 1 saturated heterocycles. The third-order valence-electron chi connectivity index (χ3n) is 5.02. The van der Waals surface area contributed by atoms with Gasteiger partial charge in [-0.05, 0) is 43.2 Å². The molecule has 0 aliphatic carbocycles. The number of nitrogens with zero attached hydrogens (tertiary/aromatic N) is 2. The van der Waals surface area contributed by atoms with Crippen LogP contribution in [0.2, 0.25) is 0 Å². The maximum absolute atomic E-state index is 14.6. The van der Waals surface area contributed by atoms with Crippen LogP contribution in [0.1, 0.15) is 23.6 Å². The molecule has 2 aromatic rings. The summed E-state index contributed by atoms with van der Waals surface area (Å²) in [7, 11) is 1.72. The van der Waals surface area contributed by atoms with Gasteiger partial charge in [-0.1, -0.05) is 18.2 Å². The second-order valence-corrected chi connectivity index (χ2v) is 7.21. The molecular formula is C23H32FIN4O2. The second kappa shape index (κ2) is 12.7. The Morgan fingerprint density at radius 2 is 1.87 bits per heavy atom. The highest BCUT2D eigenvalue weighted by atomic mass is 127. The quantitative estimate of drug-likeness (QED) is 0.317. The fourth-order valence-corrected chi connectivity index (χ4v) is 3.40. The maximum atomic E-state index is 14.6. The Kier molecular flexibility index (Phi) is 10.3. The first-order valence-electron chi connectivity index (χ1n) is 10.4. The van der Waals surface area contributed by atoms with E-state index < -0.39 is 0 Å². The van der Waals surface area contributed by atoms with Crippen molar-refractivity contribution in [2.45, 2.75) is 26.9 Å². The third kappa shape index (κ3) is 7.24. The second-order valence-electron chi connectivity index (χ2n) is 7.21. The molecule has 2 N–H and O–H groups in total. The summed E-state index contributed by atoms with van der Waals surface area (Å²) in [5.41, 5.74) is 3.71. The van der Waals surface area contributed by atoms with Crippen LogP contribution in [0.25, 0.3) is 0 Å². The Morgan fingerprint density at radius 1 is 1.13 bits per heavy atom. The average Bonchev–Trinajstić information content (AvgIpc) is 2.76. The number of hydrogen-bond acceptors (Lipinski definition) is 4. The Hall–Kier alpha value is -2.07. The fourth-order valence-electron chi connectivity index (χ4n) is 3.40. The summed E-state index contributed by atoms with van der Waals surface area (Å²) in [6, 6.07) is 11.5. The summed E-state index contributed by atoms with van der Waals surface area (Å²) in [6.07, 6.45) is 0. The van der Waals surface area contributed by atoms with Gasteiger partial charge in [0.25, 0.3) is 0 Å². The average molecular weight is 542 g/mol. The molecule has 0 bridgehead atoms. The number of ether oxygens (including phenoxy) is 2. The van der Waals surface area contributed by atoms with E-state index in [9.17, 15) is 4.39 Å². The van der Waals surface area contributed by atoms with Crippen molar-refractivity contribution >= 4 is 35.6 Å². The molecule has 6 nitrogen and oxygen atoms in total. The molecule has 1 fully saturated rings. The van der Waals surface area contributed by atoms with Crippen molar-refractivity contribution in [1.82, 2.24) is 10.6 Å². The first-order chi connectivity index (χ1) is 14.6. The number of guanidine groups is 1. The van der Waals surface area contributed by atoms with Crippen LogP contribution in [0, 0.1) is 12.7 Å². The number of morpholine rings is 1. The van der Waals surface area contributed by atoms with Gasteiger partial charge in [0.2, 0.25) is 0 Å². The van der Waals surface area contributed by atoms with Crippen LogP contribution in [0.3, 0.4) is 0 Å². The lowest BCUT2D eigenvalue weighted by Crippen LogP contribution is -2.37. The number of nitrogens with one attached hydrogen (secondary N) is 2. The molecule has 0 unspecified atom stereocenters. The van der Waals surface area contributed by atoms with Gasteiger partial charge < -0.3 is 25.0 Å². The molecule has 1 heterocycles. The third-order valence-corrected chi connectivity index (χ3v) is 5.02. The lowest BCUT2D eigenvalue weighted by Gasteiger charge is -2.29. The van der Waals surface area contributed by atoms with Crippen LogP contribution in [0.15, 0.2) is 41.4 Å². The molecule has 31 heavy (non-hydrogen) atoms. The van der Waals surface area contributed by atoms with Crippen LogP contribution >= 0.6 is 24.0 Å². The van der Waals surface area contributed by atoms with Crippen LogP contribution in [0.5, 0.6) is 5.75 Å². The minimum Gasteiger partial charge on any atom is -0.494 e. The van der Waals surface area contributed by atoms with Crippen molar-refractivity contribution in [3.05, 3.63) is 58.9 Å². The maximum Gasteiger partial charge on any atom is 0.191 e. The van der Waals surface area contributed by atoms with Gasteiger partial charge in [0.05, 0.1) is 25.5 Å². The first-order valence-corrected chi connectivity index (χ1v) is 10.4. The zero-order chi connectivity index (χ0) is 21.3. The lowest BCUT2D eigenvalue weighted by molar-refractivity contribution is 0.122. The van der Waals surface area contributed by atoms with Gasteiger partial charge >= 0.3 is 0 Å². The van der Waals surface area contributed by atoms with Gasteiger partial charge in [0.15, 0.2) is 5.96 Å². The van der Waals surface area contributed by atoms with Crippen LogP contribution in [0.4, 0.5) is 10.1 Å². The van der Waals surface area contributed by atoms with Crippen LogP contribution in [-0.2, 0) is 17.8 Å². The van der Waals surface area contributed by atoms with E-state index in [1.54, 1.807) is 13.1 Å². The summed E-state index contributed by atoms with van der Waals surface area (Å²) in [6.45, 7) is 8.41. The zero-order valence-corrected chi connectivity index (χ0v) is 20.7. The van der Waals surface area contributed by atoms with Crippen molar-refractivity contribution < 1.29 is 13.9 Å². The Morgan fingerprint density at radius 3 is 2.55 bits per heavy atom. The molecule has 1 aliphatic heterocycles. The van der Waals surface area contributed by atoms with E-state index in [0.29, 0.717) is 57.6 Å². The minimum atomic E-state index is -0.208. The van der Waals surface area contributed by atoms with Crippen molar-refractivity contribution in [3.63, 3.8) is 0 Å². The van der Waals surface area contributed by atoms with E-state index in [-0.39, 0.29) is 29.8 Å².